The molecule has 0 aliphatic carbocycles. The predicted octanol–water partition coefficient (Wildman–Crippen LogP) is 0.715. The zero-order chi connectivity index (χ0) is 14.4. The van der Waals surface area contributed by atoms with E-state index in [4.69, 9.17) is 15.2 Å². The minimum absolute atomic E-state index is 0. The SMILES string of the molecule is COc1cccc(NC(=O)CN2CCOC(CN)C2)c1.Cl. The number of rotatable bonds is 5. The van der Waals surface area contributed by atoms with Crippen LogP contribution in [-0.2, 0) is 9.53 Å². The van der Waals surface area contributed by atoms with Gasteiger partial charge in [-0.1, -0.05) is 6.07 Å². The fraction of sp³-hybridized carbons (Fsp3) is 0.500. The minimum Gasteiger partial charge on any atom is -0.497 e. The number of morpholine rings is 1. The van der Waals surface area contributed by atoms with Crippen molar-refractivity contribution in [2.24, 2.45) is 5.73 Å². The molecule has 0 aromatic heterocycles. The Morgan fingerprint density at radius 2 is 2.38 bits per heavy atom. The van der Waals surface area contributed by atoms with E-state index in [2.05, 4.69) is 10.2 Å². The van der Waals surface area contributed by atoms with E-state index in [1.807, 2.05) is 18.2 Å². The Morgan fingerprint density at radius 3 is 3.10 bits per heavy atom. The molecule has 0 saturated carbocycles. The third kappa shape index (κ3) is 5.51. The molecular formula is C14H22ClN3O3. The lowest BCUT2D eigenvalue weighted by molar-refractivity contribution is -0.119. The van der Waals surface area contributed by atoms with E-state index in [0.717, 1.165) is 18.0 Å². The second-order valence-corrected chi connectivity index (χ2v) is 4.74. The molecule has 6 nitrogen and oxygen atoms in total. The van der Waals surface area contributed by atoms with Crippen LogP contribution in [0.5, 0.6) is 5.75 Å². The number of methoxy groups -OCH3 is 1. The Hall–Kier alpha value is -1.34. The molecule has 0 bridgehead atoms. The number of carbonyl (C=O) groups excluding carboxylic acids is 1. The smallest absolute Gasteiger partial charge is 0.238 e. The molecule has 1 atom stereocenters. The van der Waals surface area contributed by atoms with Gasteiger partial charge in [0.2, 0.25) is 5.91 Å². The lowest BCUT2D eigenvalue weighted by atomic mass is 10.2. The first-order valence-electron chi connectivity index (χ1n) is 6.69. The van der Waals surface area contributed by atoms with Gasteiger partial charge in [0.15, 0.2) is 0 Å². The second-order valence-electron chi connectivity index (χ2n) is 4.74. The van der Waals surface area contributed by atoms with Gasteiger partial charge in [-0.05, 0) is 12.1 Å². The molecule has 2 rings (SSSR count). The van der Waals surface area contributed by atoms with Gasteiger partial charge in [-0.15, -0.1) is 12.4 Å². The molecule has 1 aliphatic heterocycles. The third-order valence-corrected chi connectivity index (χ3v) is 3.21. The van der Waals surface area contributed by atoms with Crippen molar-refractivity contribution < 1.29 is 14.3 Å². The number of nitrogens with one attached hydrogen (secondary N) is 1. The third-order valence-electron chi connectivity index (χ3n) is 3.21. The lowest BCUT2D eigenvalue weighted by Crippen LogP contribution is -2.48. The summed E-state index contributed by atoms with van der Waals surface area (Å²) in [6.07, 6.45) is 0.0216. The molecule has 1 aromatic rings. The largest absolute Gasteiger partial charge is 0.497 e. The Bertz CT molecular complexity index is 459. The van der Waals surface area contributed by atoms with Crippen LogP contribution >= 0.6 is 12.4 Å². The summed E-state index contributed by atoms with van der Waals surface area (Å²) in [6.45, 7) is 2.89. The second kappa shape index (κ2) is 8.84. The molecular weight excluding hydrogens is 294 g/mol. The zero-order valence-electron chi connectivity index (χ0n) is 12.1. The quantitative estimate of drug-likeness (QED) is 0.837. The average Bonchev–Trinajstić information content (AvgIpc) is 2.47. The van der Waals surface area contributed by atoms with Gasteiger partial charge >= 0.3 is 0 Å². The van der Waals surface area contributed by atoms with Crippen LogP contribution in [0.4, 0.5) is 5.69 Å². The maximum atomic E-state index is 12.0. The first-order valence-corrected chi connectivity index (χ1v) is 6.69. The highest BCUT2D eigenvalue weighted by molar-refractivity contribution is 5.92. The monoisotopic (exact) mass is 315 g/mol. The van der Waals surface area contributed by atoms with Crippen LogP contribution in [0.1, 0.15) is 0 Å². The number of benzene rings is 1. The van der Waals surface area contributed by atoms with Gasteiger partial charge in [-0.3, -0.25) is 9.69 Å². The van der Waals surface area contributed by atoms with Crippen LogP contribution in [0.15, 0.2) is 24.3 Å². The van der Waals surface area contributed by atoms with Crippen LogP contribution in [0.2, 0.25) is 0 Å². The summed E-state index contributed by atoms with van der Waals surface area (Å²) >= 11 is 0. The molecule has 0 radical (unpaired) electrons. The highest BCUT2D eigenvalue weighted by Gasteiger charge is 2.20. The van der Waals surface area contributed by atoms with Crippen molar-refractivity contribution in [2.45, 2.75) is 6.10 Å². The fourth-order valence-electron chi connectivity index (χ4n) is 2.17. The van der Waals surface area contributed by atoms with Gasteiger partial charge in [-0.2, -0.15) is 0 Å². The van der Waals surface area contributed by atoms with Gasteiger partial charge in [0.05, 0.1) is 26.4 Å². The van der Waals surface area contributed by atoms with Gasteiger partial charge < -0.3 is 20.5 Å². The van der Waals surface area contributed by atoms with E-state index in [0.29, 0.717) is 26.2 Å². The molecule has 118 valence electrons. The number of amides is 1. The predicted molar refractivity (Wildman–Crippen MR) is 84.1 cm³/mol. The Balaban J connectivity index is 0.00000220. The topological polar surface area (TPSA) is 76.8 Å². The maximum Gasteiger partial charge on any atom is 0.238 e. The highest BCUT2D eigenvalue weighted by Crippen LogP contribution is 2.16. The number of nitrogens with two attached hydrogens (primary N) is 1. The minimum atomic E-state index is -0.0454. The summed E-state index contributed by atoms with van der Waals surface area (Å²) in [7, 11) is 1.60. The summed E-state index contributed by atoms with van der Waals surface area (Å²) < 4.78 is 10.6. The molecule has 7 heteroatoms. The van der Waals surface area contributed by atoms with Crippen molar-refractivity contribution in [1.29, 1.82) is 0 Å². The molecule has 1 amide bonds. The van der Waals surface area contributed by atoms with Crippen molar-refractivity contribution in [1.82, 2.24) is 4.90 Å². The van der Waals surface area contributed by atoms with Gasteiger partial charge in [0, 0.05) is 31.4 Å². The van der Waals surface area contributed by atoms with Crippen LogP contribution in [0.3, 0.4) is 0 Å². The summed E-state index contributed by atoms with van der Waals surface area (Å²) in [5.41, 5.74) is 6.32. The van der Waals surface area contributed by atoms with E-state index in [1.165, 1.54) is 0 Å². The fourth-order valence-corrected chi connectivity index (χ4v) is 2.17. The maximum absolute atomic E-state index is 12.0. The molecule has 1 fully saturated rings. The standard InChI is InChI=1S/C14H21N3O3.ClH/c1-19-12-4-2-3-11(7-12)16-14(18)10-17-5-6-20-13(8-15)9-17;/h2-4,7,13H,5-6,8-10,15H2,1H3,(H,16,18);1H. The molecule has 1 heterocycles. The summed E-state index contributed by atoms with van der Waals surface area (Å²) in [4.78, 5) is 14.1. The molecule has 1 unspecified atom stereocenters. The summed E-state index contributed by atoms with van der Waals surface area (Å²) in [5, 5.41) is 2.86. The van der Waals surface area contributed by atoms with E-state index in [9.17, 15) is 4.79 Å². The molecule has 21 heavy (non-hydrogen) atoms. The summed E-state index contributed by atoms with van der Waals surface area (Å²) in [6, 6.07) is 7.30. The highest BCUT2D eigenvalue weighted by atomic mass is 35.5. The average molecular weight is 316 g/mol. The number of carbonyl (C=O) groups is 1. The number of hydrogen-bond acceptors (Lipinski definition) is 5. The van der Waals surface area contributed by atoms with E-state index in [-0.39, 0.29) is 24.4 Å². The Morgan fingerprint density at radius 1 is 1.57 bits per heavy atom. The van der Waals surface area contributed by atoms with E-state index >= 15 is 0 Å². The van der Waals surface area contributed by atoms with Crippen molar-refractivity contribution in [3.8, 4) is 5.75 Å². The molecule has 3 N–H and O–H groups in total. The van der Waals surface area contributed by atoms with Gasteiger partial charge in [0.1, 0.15) is 5.75 Å². The van der Waals surface area contributed by atoms with Crippen molar-refractivity contribution in [3.05, 3.63) is 24.3 Å². The van der Waals surface area contributed by atoms with E-state index < -0.39 is 0 Å². The number of nitrogens with zero attached hydrogens (tertiary/aromatic N) is 1. The Kier molecular flexibility index (Phi) is 7.45. The van der Waals surface area contributed by atoms with Crippen LogP contribution in [0.25, 0.3) is 0 Å². The number of hydrogen-bond donors (Lipinski definition) is 2. The number of anilines is 1. The van der Waals surface area contributed by atoms with Crippen molar-refractivity contribution >= 4 is 24.0 Å². The number of halogens is 1. The van der Waals surface area contributed by atoms with Crippen LogP contribution < -0.4 is 15.8 Å². The molecule has 1 aliphatic rings. The van der Waals surface area contributed by atoms with Gasteiger partial charge in [-0.25, -0.2) is 0 Å². The molecule has 1 aromatic carbocycles. The first kappa shape index (κ1) is 17.7. The zero-order valence-corrected chi connectivity index (χ0v) is 12.9. The number of ether oxygens (including phenoxy) is 2. The molecule has 1 saturated heterocycles. The van der Waals surface area contributed by atoms with Crippen LogP contribution in [0, 0.1) is 0 Å². The van der Waals surface area contributed by atoms with Gasteiger partial charge in [0.25, 0.3) is 0 Å². The van der Waals surface area contributed by atoms with E-state index in [1.54, 1.807) is 13.2 Å². The summed E-state index contributed by atoms with van der Waals surface area (Å²) in [5.74, 6) is 0.674. The van der Waals surface area contributed by atoms with Crippen molar-refractivity contribution in [3.63, 3.8) is 0 Å². The first-order chi connectivity index (χ1) is 9.71. The Labute approximate surface area is 131 Å². The van der Waals surface area contributed by atoms with Crippen LogP contribution in [-0.4, -0.2) is 56.8 Å². The lowest BCUT2D eigenvalue weighted by Gasteiger charge is -2.31. The molecule has 0 spiro atoms. The van der Waals surface area contributed by atoms with Crippen molar-refractivity contribution in [2.75, 3.05) is 45.2 Å². The normalized spacial score (nSPS) is 18.7.